The molecule has 1 aromatic rings. The largest absolute Gasteiger partial charge is 0.495 e. The Morgan fingerprint density at radius 2 is 2.20 bits per heavy atom. The van der Waals surface area contributed by atoms with Crippen molar-refractivity contribution in [1.82, 2.24) is 0 Å². The lowest BCUT2D eigenvalue weighted by atomic mass is 9.93. The van der Waals surface area contributed by atoms with Crippen molar-refractivity contribution in [2.75, 3.05) is 31.4 Å². The van der Waals surface area contributed by atoms with Crippen molar-refractivity contribution < 1.29 is 9.47 Å². The topological polar surface area (TPSA) is 42.8 Å². The first-order valence-electron chi connectivity index (χ1n) is 6.62. The standard InChI is InChI=1S/C14H17BrN2O2S/c1-18-12-3-2-10(15)8-11(12)16-13-17-14(9-20-13)4-6-19-7-5-14/h2-3,8H,4-7,9H2,1H3,(H,16,17). The SMILES string of the molecule is COc1ccc(Br)cc1NC1=NC2(CCOCC2)CS1. The van der Waals surface area contributed by atoms with Gasteiger partial charge in [0.1, 0.15) is 5.75 Å². The number of thioether (sulfide) groups is 1. The number of methoxy groups -OCH3 is 1. The van der Waals surface area contributed by atoms with Crippen molar-refractivity contribution in [2.24, 2.45) is 4.99 Å². The van der Waals surface area contributed by atoms with Crippen LogP contribution in [0.2, 0.25) is 0 Å². The lowest BCUT2D eigenvalue weighted by Gasteiger charge is -2.29. The van der Waals surface area contributed by atoms with Crippen molar-refractivity contribution in [1.29, 1.82) is 0 Å². The molecular formula is C14H17BrN2O2S. The highest BCUT2D eigenvalue weighted by atomic mass is 79.9. The van der Waals surface area contributed by atoms with Crippen LogP contribution in [0.15, 0.2) is 27.7 Å². The Labute approximate surface area is 131 Å². The molecule has 2 aliphatic heterocycles. The van der Waals surface area contributed by atoms with E-state index in [0.29, 0.717) is 0 Å². The van der Waals surface area contributed by atoms with Crippen LogP contribution < -0.4 is 10.1 Å². The highest BCUT2D eigenvalue weighted by Gasteiger charge is 2.37. The predicted molar refractivity (Wildman–Crippen MR) is 87.0 cm³/mol. The van der Waals surface area contributed by atoms with Gasteiger partial charge < -0.3 is 14.8 Å². The molecule has 1 N–H and O–H groups in total. The second kappa shape index (κ2) is 5.95. The van der Waals surface area contributed by atoms with E-state index >= 15 is 0 Å². The summed E-state index contributed by atoms with van der Waals surface area (Å²) in [4.78, 5) is 4.90. The van der Waals surface area contributed by atoms with E-state index in [1.165, 1.54) is 0 Å². The van der Waals surface area contributed by atoms with E-state index in [-0.39, 0.29) is 5.54 Å². The fourth-order valence-corrected chi connectivity index (χ4v) is 4.01. The quantitative estimate of drug-likeness (QED) is 0.880. The van der Waals surface area contributed by atoms with E-state index in [0.717, 1.165) is 52.9 Å². The van der Waals surface area contributed by atoms with Gasteiger partial charge in [-0.3, -0.25) is 4.99 Å². The second-order valence-electron chi connectivity index (χ2n) is 5.01. The molecule has 2 heterocycles. The first-order valence-corrected chi connectivity index (χ1v) is 8.40. The van der Waals surface area contributed by atoms with Crippen LogP contribution in [0.5, 0.6) is 5.75 Å². The maximum atomic E-state index is 5.44. The summed E-state index contributed by atoms with van der Waals surface area (Å²) < 4.78 is 11.8. The first-order chi connectivity index (χ1) is 9.71. The number of nitrogens with one attached hydrogen (secondary N) is 1. The molecule has 4 nitrogen and oxygen atoms in total. The average Bonchev–Trinajstić information content (AvgIpc) is 2.82. The Kier molecular flexibility index (Phi) is 4.23. The molecule has 0 aliphatic carbocycles. The molecule has 3 rings (SSSR count). The summed E-state index contributed by atoms with van der Waals surface area (Å²) in [5, 5.41) is 4.37. The lowest BCUT2D eigenvalue weighted by Crippen LogP contribution is -2.34. The molecule has 0 amide bonds. The number of nitrogens with zero attached hydrogens (tertiary/aromatic N) is 1. The minimum absolute atomic E-state index is 0.0739. The number of hydrogen-bond donors (Lipinski definition) is 1. The van der Waals surface area contributed by atoms with Crippen LogP contribution in [0.1, 0.15) is 12.8 Å². The zero-order valence-corrected chi connectivity index (χ0v) is 13.7. The van der Waals surface area contributed by atoms with Crippen molar-refractivity contribution >= 4 is 38.5 Å². The molecule has 1 saturated heterocycles. The highest BCUT2D eigenvalue weighted by Crippen LogP contribution is 2.37. The number of hydrogen-bond acceptors (Lipinski definition) is 5. The van der Waals surface area contributed by atoms with Crippen LogP contribution in [-0.2, 0) is 4.74 Å². The Bertz CT molecular complexity index is 530. The van der Waals surface area contributed by atoms with Gasteiger partial charge in [-0.25, -0.2) is 0 Å². The summed E-state index contributed by atoms with van der Waals surface area (Å²) in [5.74, 6) is 1.86. The summed E-state index contributed by atoms with van der Waals surface area (Å²) in [7, 11) is 1.68. The molecule has 1 aromatic carbocycles. The molecule has 0 atom stereocenters. The van der Waals surface area contributed by atoms with Crippen molar-refractivity contribution in [3.8, 4) is 5.75 Å². The van der Waals surface area contributed by atoms with E-state index in [1.807, 2.05) is 18.2 Å². The van der Waals surface area contributed by atoms with E-state index in [9.17, 15) is 0 Å². The third-order valence-corrected chi connectivity index (χ3v) is 5.28. The monoisotopic (exact) mass is 356 g/mol. The number of amidine groups is 1. The van der Waals surface area contributed by atoms with Gasteiger partial charge in [0.05, 0.1) is 18.3 Å². The van der Waals surface area contributed by atoms with Crippen molar-refractivity contribution in [3.63, 3.8) is 0 Å². The summed E-state index contributed by atoms with van der Waals surface area (Å²) in [6, 6.07) is 5.92. The Morgan fingerprint density at radius 1 is 1.40 bits per heavy atom. The van der Waals surface area contributed by atoms with Gasteiger partial charge in [-0.1, -0.05) is 27.7 Å². The number of halogens is 1. The zero-order valence-electron chi connectivity index (χ0n) is 11.3. The molecule has 0 saturated carbocycles. The molecule has 1 fully saturated rings. The van der Waals surface area contributed by atoms with Crippen LogP contribution in [0.4, 0.5) is 5.69 Å². The smallest absolute Gasteiger partial charge is 0.161 e. The number of rotatable bonds is 2. The van der Waals surface area contributed by atoms with Crippen LogP contribution in [0, 0.1) is 0 Å². The maximum absolute atomic E-state index is 5.44. The van der Waals surface area contributed by atoms with Gasteiger partial charge in [0.25, 0.3) is 0 Å². The summed E-state index contributed by atoms with van der Waals surface area (Å²) >= 11 is 5.27. The maximum Gasteiger partial charge on any atom is 0.161 e. The average molecular weight is 357 g/mol. The van der Waals surface area contributed by atoms with Crippen LogP contribution in [-0.4, -0.2) is 36.8 Å². The van der Waals surface area contributed by atoms with Crippen molar-refractivity contribution in [3.05, 3.63) is 22.7 Å². The van der Waals surface area contributed by atoms with Gasteiger partial charge in [0, 0.05) is 23.4 Å². The van der Waals surface area contributed by atoms with E-state index in [4.69, 9.17) is 14.5 Å². The minimum atomic E-state index is 0.0739. The normalized spacial score (nSPS) is 20.8. The lowest BCUT2D eigenvalue weighted by molar-refractivity contribution is 0.0624. The zero-order chi connectivity index (χ0) is 14.0. The Morgan fingerprint density at radius 3 is 2.95 bits per heavy atom. The molecule has 1 spiro atoms. The summed E-state index contributed by atoms with van der Waals surface area (Å²) in [6.45, 7) is 1.63. The third-order valence-electron chi connectivity index (χ3n) is 3.64. The number of ether oxygens (including phenoxy) is 2. The van der Waals surface area contributed by atoms with Crippen LogP contribution in [0.3, 0.4) is 0 Å². The highest BCUT2D eigenvalue weighted by molar-refractivity contribution is 9.10. The van der Waals surface area contributed by atoms with Gasteiger partial charge in [-0.15, -0.1) is 0 Å². The fraction of sp³-hybridized carbons (Fsp3) is 0.500. The van der Waals surface area contributed by atoms with Gasteiger partial charge in [0.2, 0.25) is 0 Å². The fourth-order valence-electron chi connectivity index (χ4n) is 2.45. The Hall–Kier alpha value is -0.720. The molecule has 6 heteroatoms. The van der Waals surface area contributed by atoms with Gasteiger partial charge >= 0.3 is 0 Å². The van der Waals surface area contributed by atoms with Gasteiger partial charge in [-0.05, 0) is 31.0 Å². The van der Waals surface area contributed by atoms with Crippen molar-refractivity contribution in [2.45, 2.75) is 18.4 Å². The van der Waals surface area contributed by atoms with Gasteiger partial charge in [-0.2, -0.15) is 0 Å². The minimum Gasteiger partial charge on any atom is -0.495 e. The second-order valence-corrected chi connectivity index (χ2v) is 6.89. The summed E-state index contributed by atoms with van der Waals surface area (Å²) in [5.41, 5.74) is 1.02. The molecule has 0 aromatic heterocycles. The molecule has 20 heavy (non-hydrogen) atoms. The number of anilines is 1. The number of aliphatic imine (C=N–C) groups is 1. The van der Waals surface area contributed by atoms with E-state index in [2.05, 4.69) is 21.2 Å². The van der Waals surface area contributed by atoms with E-state index in [1.54, 1.807) is 18.9 Å². The Balaban J connectivity index is 1.78. The molecular weight excluding hydrogens is 340 g/mol. The molecule has 0 radical (unpaired) electrons. The molecule has 0 unspecified atom stereocenters. The van der Waals surface area contributed by atoms with Gasteiger partial charge in [0.15, 0.2) is 5.17 Å². The first kappa shape index (κ1) is 14.2. The summed E-state index contributed by atoms with van der Waals surface area (Å²) in [6.07, 6.45) is 2.03. The predicted octanol–water partition coefficient (Wildman–Crippen LogP) is 3.52. The van der Waals surface area contributed by atoms with E-state index < -0.39 is 0 Å². The molecule has 2 aliphatic rings. The number of benzene rings is 1. The van der Waals surface area contributed by atoms with Crippen LogP contribution >= 0.6 is 27.7 Å². The molecule has 0 bridgehead atoms. The molecule has 108 valence electrons. The third kappa shape index (κ3) is 2.97. The van der Waals surface area contributed by atoms with Crippen LogP contribution in [0.25, 0.3) is 0 Å².